The molecule has 1 aliphatic carbocycles. The number of nitrogens with two attached hydrogens (primary N) is 1. The SMILES string of the molecule is CCOC1CC(N)(C(=O)NCc2cn3c(C)cccc3n2)C1(C)C. The lowest BCUT2D eigenvalue weighted by molar-refractivity contribution is -0.170. The predicted octanol–water partition coefficient (Wildman–Crippen LogP) is 1.79. The highest BCUT2D eigenvalue weighted by atomic mass is 16.5. The normalized spacial score (nSPS) is 25.5. The quantitative estimate of drug-likeness (QED) is 0.876. The minimum atomic E-state index is -0.901. The number of imidazole rings is 1. The number of nitrogens with zero attached hydrogens (tertiary/aromatic N) is 2. The molecule has 130 valence electrons. The van der Waals surface area contributed by atoms with Crippen molar-refractivity contribution in [1.82, 2.24) is 14.7 Å². The number of fused-ring (bicyclic) bond motifs is 1. The van der Waals surface area contributed by atoms with Crippen molar-refractivity contribution >= 4 is 11.6 Å². The Kier molecular flexibility index (Phi) is 4.13. The third-order valence-electron chi connectivity index (χ3n) is 5.41. The molecule has 1 saturated carbocycles. The molecule has 2 aromatic rings. The van der Waals surface area contributed by atoms with E-state index in [1.807, 2.05) is 56.5 Å². The zero-order valence-corrected chi connectivity index (χ0v) is 14.8. The maximum atomic E-state index is 12.6. The first-order valence-corrected chi connectivity index (χ1v) is 8.42. The molecule has 1 amide bonds. The highest BCUT2D eigenvalue weighted by Gasteiger charge is 2.62. The molecule has 2 aromatic heterocycles. The summed E-state index contributed by atoms with van der Waals surface area (Å²) >= 11 is 0. The number of amides is 1. The molecule has 1 fully saturated rings. The molecular weight excluding hydrogens is 304 g/mol. The lowest BCUT2D eigenvalue weighted by atomic mass is 9.54. The van der Waals surface area contributed by atoms with Crippen molar-refractivity contribution in [3.8, 4) is 0 Å². The van der Waals surface area contributed by atoms with Gasteiger partial charge in [0, 0.05) is 30.3 Å². The smallest absolute Gasteiger partial charge is 0.241 e. The van der Waals surface area contributed by atoms with Gasteiger partial charge in [-0.25, -0.2) is 4.98 Å². The third kappa shape index (κ3) is 2.50. The van der Waals surface area contributed by atoms with E-state index in [1.54, 1.807) is 0 Å². The van der Waals surface area contributed by atoms with Crippen molar-refractivity contribution in [2.24, 2.45) is 11.1 Å². The number of hydrogen-bond acceptors (Lipinski definition) is 4. The van der Waals surface area contributed by atoms with E-state index in [0.29, 0.717) is 19.6 Å². The molecule has 6 nitrogen and oxygen atoms in total. The van der Waals surface area contributed by atoms with Crippen LogP contribution in [0.2, 0.25) is 0 Å². The predicted molar refractivity (Wildman–Crippen MR) is 92.5 cm³/mol. The molecule has 0 aliphatic heterocycles. The molecular formula is C18H26N4O2. The average Bonchev–Trinajstić information content (AvgIpc) is 2.96. The number of carbonyl (C=O) groups is 1. The van der Waals surface area contributed by atoms with Gasteiger partial charge in [-0.05, 0) is 26.0 Å². The number of aromatic nitrogens is 2. The Balaban J connectivity index is 1.68. The summed E-state index contributed by atoms with van der Waals surface area (Å²) in [7, 11) is 0. The van der Waals surface area contributed by atoms with Gasteiger partial charge in [-0.1, -0.05) is 19.9 Å². The van der Waals surface area contributed by atoms with Crippen molar-refractivity contribution in [3.05, 3.63) is 35.8 Å². The van der Waals surface area contributed by atoms with Gasteiger partial charge in [-0.15, -0.1) is 0 Å². The molecule has 2 unspecified atom stereocenters. The van der Waals surface area contributed by atoms with E-state index in [-0.39, 0.29) is 17.4 Å². The fourth-order valence-electron chi connectivity index (χ4n) is 3.43. The summed E-state index contributed by atoms with van der Waals surface area (Å²) in [6.45, 7) is 8.96. The van der Waals surface area contributed by atoms with E-state index >= 15 is 0 Å². The van der Waals surface area contributed by atoms with Crippen molar-refractivity contribution in [2.45, 2.75) is 52.3 Å². The van der Waals surface area contributed by atoms with Crippen LogP contribution < -0.4 is 11.1 Å². The van der Waals surface area contributed by atoms with Crippen molar-refractivity contribution in [1.29, 1.82) is 0 Å². The van der Waals surface area contributed by atoms with Gasteiger partial charge in [-0.3, -0.25) is 4.79 Å². The Hall–Kier alpha value is -1.92. The van der Waals surface area contributed by atoms with Gasteiger partial charge in [0.15, 0.2) is 0 Å². The van der Waals surface area contributed by atoms with Crippen LogP contribution in [0.25, 0.3) is 5.65 Å². The van der Waals surface area contributed by atoms with Crippen LogP contribution >= 0.6 is 0 Å². The Morgan fingerprint density at radius 3 is 2.88 bits per heavy atom. The van der Waals surface area contributed by atoms with E-state index in [1.165, 1.54) is 0 Å². The van der Waals surface area contributed by atoms with Gasteiger partial charge in [0.2, 0.25) is 5.91 Å². The van der Waals surface area contributed by atoms with Crippen molar-refractivity contribution < 1.29 is 9.53 Å². The average molecular weight is 330 g/mol. The standard InChI is InChI=1S/C18H26N4O2/c1-5-24-14-9-18(19,17(14,3)4)16(23)20-10-13-11-22-12(2)7-6-8-15(22)21-13/h6-8,11,14H,5,9-10,19H2,1-4H3,(H,20,23). The summed E-state index contributed by atoms with van der Waals surface area (Å²) in [6, 6.07) is 5.95. The number of ether oxygens (including phenoxy) is 1. The van der Waals surface area contributed by atoms with Crippen molar-refractivity contribution in [3.63, 3.8) is 0 Å². The van der Waals surface area contributed by atoms with Crippen LogP contribution in [-0.2, 0) is 16.1 Å². The van der Waals surface area contributed by atoms with E-state index in [4.69, 9.17) is 10.5 Å². The first-order chi connectivity index (χ1) is 11.3. The highest BCUT2D eigenvalue weighted by molar-refractivity contribution is 5.88. The van der Waals surface area contributed by atoms with Crippen molar-refractivity contribution in [2.75, 3.05) is 6.61 Å². The molecule has 3 rings (SSSR count). The molecule has 0 radical (unpaired) electrons. The van der Waals surface area contributed by atoms with Gasteiger partial charge in [-0.2, -0.15) is 0 Å². The minimum absolute atomic E-state index is 0.0242. The largest absolute Gasteiger partial charge is 0.378 e. The topological polar surface area (TPSA) is 81.6 Å². The zero-order chi connectivity index (χ0) is 17.5. The Morgan fingerprint density at radius 2 is 2.25 bits per heavy atom. The summed E-state index contributed by atoms with van der Waals surface area (Å²) in [4.78, 5) is 17.2. The van der Waals surface area contributed by atoms with Gasteiger partial charge in [0.1, 0.15) is 11.2 Å². The second-order valence-corrected chi connectivity index (χ2v) is 7.15. The summed E-state index contributed by atoms with van der Waals surface area (Å²) in [5, 5.41) is 2.94. The molecule has 0 spiro atoms. The highest BCUT2D eigenvalue weighted by Crippen LogP contribution is 2.49. The van der Waals surface area contributed by atoms with Crippen LogP contribution in [0, 0.1) is 12.3 Å². The Bertz CT molecular complexity index is 767. The minimum Gasteiger partial charge on any atom is -0.378 e. The number of aryl methyl sites for hydroxylation is 1. The van der Waals surface area contributed by atoms with Gasteiger partial charge >= 0.3 is 0 Å². The lowest BCUT2D eigenvalue weighted by Gasteiger charge is -2.57. The third-order valence-corrected chi connectivity index (χ3v) is 5.41. The van der Waals surface area contributed by atoms with Crippen LogP contribution in [0.15, 0.2) is 24.4 Å². The van der Waals surface area contributed by atoms with E-state index in [2.05, 4.69) is 10.3 Å². The number of rotatable bonds is 5. The number of hydrogen-bond donors (Lipinski definition) is 2. The molecule has 3 N–H and O–H groups in total. The number of carbonyl (C=O) groups excluding carboxylic acids is 1. The van der Waals surface area contributed by atoms with Gasteiger partial charge in [0.05, 0.1) is 18.3 Å². The summed E-state index contributed by atoms with van der Waals surface area (Å²) in [5.41, 5.74) is 7.90. The zero-order valence-electron chi connectivity index (χ0n) is 14.8. The monoisotopic (exact) mass is 330 g/mol. The molecule has 2 atom stereocenters. The molecule has 1 aliphatic rings. The van der Waals surface area contributed by atoms with E-state index < -0.39 is 5.54 Å². The first-order valence-electron chi connectivity index (χ1n) is 8.42. The molecule has 24 heavy (non-hydrogen) atoms. The molecule has 2 heterocycles. The summed E-state index contributed by atoms with van der Waals surface area (Å²) in [6.07, 6.45) is 2.52. The van der Waals surface area contributed by atoms with Crippen LogP contribution in [0.1, 0.15) is 38.6 Å². The van der Waals surface area contributed by atoms with E-state index in [0.717, 1.165) is 17.0 Å². The molecule has 6 heteroatoms. The lowest BCUT2D eigenvalue weighted by Crippen LogP contribution is -2.75. The molecule has 0 saturated heterocycles. The second kappa shape index (κ2) is 5.86. The first kappa shape index (κ1) is 16.9. The fraction of sp³-hybridized carbons (Fsp3) is 0.556. The number of pyridine rings is 1. The van der Waals surface area contributed by atoms with Crippen LogP contribution in [0.4, 0.5) is 0 Å². The summed E-state index contributed by atoms with van der Waals surface area (Å²) < 4.78 is 7.69. The van der Waals surface area contributed by atoms with Crippen LogP contribution in [0.3, 0.4) is 0 Å². The second-order valence-electron chi connectivity index (χ2n) is 7.15. The van der Waals surface area contributed by atoms with Crippen LogP contribution in [0.5, 0.6) is 0 Å². The molecule has 0 aromatic carbocycles. The maximum Gasteiger partial charge on any atom is 0.241 e. The maximum absolute atomic E-state index is 12.6. The van der Waals surface area contributed by atoms with Crippen LogP contribution in [-0.4, -0.2) is 33.5 Å². The fourth-order valence-corrected chi connectivity index (χ4v) is 3.43. The number of nitrogens with one attached hydrogen (secondary N) is 1. The molecule has 0 bridgehead atoms. The van der Waals surface area contributed by atoms with Gasteiger partial charge in [0.25, 0.3) is 0 Å². The Morgan fingerprint density at radius 1 is 1.50 bits per heavy atom. The van der Waals surface area contributed by atoms with E-state index in [9.17, 15) is 4.79 Å². The Labute approximate surface area is 142 Å². The summed E-state index contributed by atoms with van der Waals surface area (Å²) in [5.74, 6) is -0.141. The van der Waals surface area contributed by atoms with Gasteiger partial charge < -0.3 is 20.2 Å².